The molecule has 1 saturated heterocycles. The normalized spacial score (nSPS) is 20.3. The van der Waals surface area contributed by atoms with E-state index in [4.69, 9.17) is 11.6 Å². The first-order chi connectivity index (χ1) is 8.72. The smallest absolute Gasteiger partial charge is 0.137 e. The van der Waals surface area contributed by atoms with Gasteiger partial charge in [-0.1, -0.05) is 24.9 Å². The second-order valence-electron chi connectivity index (χ2n) is 4.90. The predicted octanol–water partition coefficient (Wildman–Crippen LogP) is 2.59. The van der Waals surface area contributed by atoms with E-state index >= 15 is 0 Å². The monoisotopic (exact) mass is 268 g/mol. The van der Waals surface area contributed by atoms with E-state index in [2.05, 4.69) is 34.2 Å². The highest BCUT2D eigenvalue weighted by atomic mass is 35.5. The zero-order valence-corrected chi connectivity index (χ0v) is 11.9. The van der Waals surface area contributed by atoms with Crippen LogP contribution in [0, 0.1) is 0 Å². The Morgan fingerprint density at radius 2 is 2.33 bits per heavy atom. The van der Waals surface area contributed by atoms with Crippen molar-refractivity contribution in [3.05, 3.63) is 17.0 Å². The van der Waals surface area contributed by atoms with Gasteiger partial charge in [-0.3, -0.25) is 0 Å². The van der Waals surface area contributed by atoms with Crippen molar-refractivity contribution >= 4 is 17.4 Å². The van der Waals surface area contributed by atoms with Gasteiger partial charge in [0, 0.05) is 18.2 Å². The molecule has 0 radical (unpaired) electrons. The molecule has 100 valence electrons. The number of aromatic nitrogens is 2. The molecule has 1 unspecified atom stereocenters. The number of rotatable bonds is 5. The van der Waals surface area contributed by atoms with Crippen LogP contribution < -0.4 is 5.32 Å². The average molecular weight is 269 g/mol. The van der Waals surface area contributed by atoms with Crippen molar-refractivity contribution in [1.29, 1.82) is 0 Å². The first-order valence-corrected chi connectivity index (χ1v) is 7.03. The number of hydrogen-bond acceptors (Lipinski definition) is 4. The fourth-order valence-electron chi connectivity index (χ4n) is 2.47. The van der Waals surface area contributed by atoms with E-state index in [9.17, 15) is 0 Å². The van der Waals surface area contributed by atoms with E-state index in [1.165, 1.54) is 25.7 Å². The Hall–Kier alpha value is -0.870. The fourth-order valence-corrected chi connectivity index (χ4v) is 2.69. The molecule has 2 heterocycles. The second kappa shape index (κ2) is 6.34. The van der Waals surface area contributed by atoms with Gasteiger partial charge < -0.3 is 10.2 Å². The van der Waals surface area contributed by atoms with Gasteiger partial charge in [-0.05, 0) is 32.9 Å². The fraction of sp³-hybridized carbons (Fsp3) is 0.692. The second-order valence-corrected chi connectivity index (χ2v) is 5.26. The molecule has 1 fully saturated rings. The molecule has 0 aromatic carbocycles. The summed E-state index contributed by atoms with van der Waals surface area (Å²) >= 11 is 6.13. The number of hydrogen-bond donors (Lipinski definition) is 1. The summed E-state index contributed by atoms with van der Waals surface area (Å²) in [6.45, 7) is 4.26. The molecule has 0 bridgehead atoms. The van der Waals surface area contributed by atoms with Crippen LogP contribution in [0.15, 0.2) is 6.33 Å². The average Bonchev–Trinajstić information content (AvgIpc) is 2.76. The van der Waals surface area contributed by atoms with Gasteiger partial charge >= 0.3 is 0 Å². The number of nitrogens with one attached hydrogen (secondary N) is 1. The Morgan fingerprint density at radius 3 is 3.00 bits per heavy atom. The molecular formula is C13H21ClN4. The predicted molar refractivity (Wildman–Crippen MR) is 75.2 cm³/mol. The molecule has 0 spiro atoms. The van der Waals surface area contributed by atoms with Gasteiger partial charge in [-0.25, -0.2) is 9.97 Å². The number of likely N-dealkylation sites (tertiary alicyclic amines) is 1. The van der Waals surface area contributed by atoms with Crippen LogP contribution >= 0.6 is 11.6 Å². The molecule has 2 rings (SSSR count). The van der Waals surface area contributed by atoms with Gasteiger partial charge in [-0.15, -0.1) is 0 Å². The first-order valence-electron chi connectivity index (χ1n) is 6.65. The molecule has 0 saturated carbocycles. The maximum Gasteiger partial charge on any atom is 0.137 e. The van der Waals surface area contributed by atoms with Gasteiger partial charge in [0.25, 0.3) is 0 Å². The molecule has 5 heteroatoms. The summed E-state index contributed by atoms with van der Waals surface area (Å²) in [6.07, 6.45) is 6.04. The van der Waals surface area contributed by atoms with Crippen LogP contribution in [0.25, 0.3) is 0 Å². The molecule has 1 atom stereocenters. The lowest BCUT2D eigenvalue weighted by atomic mass is 10.1. The van der Waals surface area contributed by atoms with Gasteiger partial charge in [0.05, 0.1) is 0 Å². The molecule has 1 aliphatic heterocycles. The summed E-state index contributed by atoms with van der Waals surface area (Å²) in [5, 5.41) is 4.01. The molecule has 18 heavy (non-hydrogen) atoms. The lowest BCUT2D eigenvalue weighted by Crippen LogP contribution is -2.32. The van der Waals surface area contributed by atoms with Crippen molar-refractivity contribution in [2.45, 2.75) is 38.6 Å². The van der Waals surface area contributed by atoms with E-state index in [1.54, 1.807) is 0 Å². The van der Waals surface area contributed by atoms with Gasteiger partial charge in [0.1, 0.15) is 17.3 Å². The van der Waals surface area contributed by atoms with E-state index in [0.29, 0.717) is 11.2 Å². The molecule has 0 amide bonds. The SMILES string of the molecule is CCCc1c(Cl)ncnc1NCC1CCCN1C. The highest BCUT2D eigenvalue weighted by Crippen LogP contribution is 2.22. The van der Waals surface area contributed by atoms with Crippen molar-refractivity contribution in [2.75, 3.05) is 25.5 Å². The minimum Gasteiger partial charge on any atom is -0.368 e. The summed E-state index contributed by atoms with van der Waals surface area (Å²) in [4.78, 5) is 10.8. The zero-order chi connectivity index (χ0) is 13.0. The third kappa shape index (κ3) is 3.12. The summed E-state index contributed by atoms with van der Waals surface area (Å²) in [5.74, 6) is 0.900. The summed E-state index contributed by atoms with van der Waals surface area (Å²) in [7, 11) is 2.18. The Morgan fingerprint density at radius 1 is 1.50 bits per heavy atom. The topological polar surface area (TPSA) is 41.1 Å². The van der Waals surface area contributed by atoms with Crippen LogP contribution in [0.5, 0.6) is 0 Å². The molecule has 0 aliphatic carbocycles. The Balaban J connectivity index is 2.02. The van der Waals surface area contributed by atoms with Crippen molar-refractivity contribution < 1.29 is 0 Å². The van der Waals surface area contributed by atoms with Crippen LogP contribution in [0.4, 0.5) is 5.82 Å². The summed E-state index contributed by atoms with van der Waals surface area (Å²) in [6, 6.07) is 0.605. The minimum atomic E-state index is 0.578. The molecule has 1 N–H and O–H groups in total. The zero-order valence-electron chi connectivity index (χ0n) is 11.1. The maximum absolute atomic E-state index is 6.13. The molecule has 1 aromatic heterocycles. The van der Waals surface area contributed by atoms with Gasteiger partial charge in [-0.2, -0.15) is 0 Å². The van der Waals surface area contributed by atoms with Crippen LogP contribution in [-0.2, 0) is 6.42 Å². The molecule has 1 aromatic rings. The van der Waals surface area contributed by atoms with Crippen molar-refractivity contribution in [2.24, 2.45) is 0 Å². The van der Waals surface area contributed by atoms with Crippen LogP contribution in [0.2, 0.25) is 5.15 Å². The van der Waals surface area contributed by atoms with Crippen molar-refractivity contribution in [1.82, 2.24) is 14.9 Å². The largest absolute Gasteiger partial charge is 0.368 e. The maximum atomic E-state index is 6.13. The van der Waals surface area contributed by atoms with E-state index in [1.807, 2.05) is 0 Å². The lowest BCUT2D eigenvalue weighted by molar-refractivity contribution is 0.322. The van der Waals surface area contributed by atoms with E-state index in [0.717, 1.165) is 30.8 Å². The van der Waals surface area contributed by atoms with Crippen LogP contribution in [-0.4, -0.2) is 41.0 Å². The van der Waals surface area contributed by atoms with E-state index in [-0.39, 0.29) is 0 Å². The molecular weight excluding hydrogens is 248 g/mol. The van der Waals surface area contributed by atoms with E-state index < -0.39 is 0 Å². The first kappa shape index (κ1) is 13.6. The molecule has 4 nitrogen and oxygen atoms in total. The van der Waals surface area contributed by atoms with Crippen molar-refractivity contribution in [3.63, 3.8) is 0 Å². The summed E-state index contributed by atoms with van der Waals surface area (Å²) < 4.78 is 0. The van der Waals surface area contributed by atoms with Crippen LogP contribution in [0.3, 0.4) is 0 Å². The van der Waals surface area contributed by atoms with Crippen molar-refractivity contribution in [3.8, 4) is 0 Å². The third-order valence-electron chi connectivity index (χ3n) is 3.57. The standard InChI is InChI=1S/C13H21ClN4/c1-3-5-11-12(14)16-9-17-13(11)15-8-10-6-4-7-18(10)2/h9-10H,3-8H2,1-2H3,(H,15,16,17). The minimum absolute atomic E-state index is 0.578. The van der Waals surface area contributed by atoms with Gasteiger partial charge in [0.2, 0.25) is 0 Å². The Kier molecular flexibility index (Phi) is 4.78. The number of likely N-dealkylation sites (N-methyl/N-ethyl adjacent to an activating group) is 1. The highest BCUT2D eigenvalue weighted by molar-refractivity contribution is 6.30. The third-order valence-corrected chi connectivity index (χ3v) is 3.90. The van der Waals surface area contributed by atoms with Crippen LogP contribution in [0.1, 0.15) is 31.7 Å². The Labute approximate surface area is 114 Å². The molecule has 1 aliphatic rings. The van der Waals surface area contributed by atoms with Gasteiger partial charge in [0.15, 0.2) is 0 Å². The number of anilines is 1. The quantitative estimate of drug-likeness (QED) is 0.834. The number of halogens is 1. The Bertz CT molecular complexity index is 397. The highest BCUT2D eigenvalue weighted by Gasteiger charge is 2.21. The summed E-state index contributed by atoms with van der Waals surface area (Å²) in [5.41, 5.74) is 1.04. The lowest BCUT2D eigenvalue weighted by Gasteiger charge is -2.21. The number of nitrogens with zero attached hydrogens (tertiary/aromatic N) is 3.